The fraction of sp³-hybridized carbons (Fsp3) is 0.273. The topological polar surface area (TPSA) is 50.9 Å². The molecule has 0 aliphatic heterocycles. The van der Waals surface area contributed by atoms with Crippen molar-refractivity contribution in [1.29, 1.82) is 0 Å². The number of rotatable bonds is 2. The summed E-state index contributed by atoms with van der Waals surface area (Å²) in [7, 11) is 1.85. The highest BCUT2D eigenvalue weighted by Crippen LogP contribution is 2.26. The average molecular weight is 203 g/mol. The Kier molecular flexibility index (Phi) is 2.28. The van der Waals surface area contributed by atoms with Crippen molar-refractivity contribution in [3.05, 3.63) is 48.3 Å². The van der Waals surface area contributed by atoms with Crippen LogP contribution < -0.4 is 0 Å². The second-order valence-electron chi connectivity index (χ2n) is 3.68. The molecule has 0 bridgehead atoms. The molecule has 0 aliphatic rings. The van der Waals surface area contributed by atoms with E-state index in [9.17, 15) is 5.11 Å². The van der Waals surface area contributed by atoms with Gasteiger partial charge in [-0.3, -0.25) is 4.98 Å². The minimum atomic E-state index is -1.10. The monoisotopic (exact) mass is 203 g/mol. The van der Waals surface area contributed by atoms with Crippen molar-refractivity contribution in [3.8, 4) is 0 Å². The van der Waals surface area contributed by atoms with Crippen molar-refractivity contribution >= 4 is 0 Å². The van der Waals surface area contributed by atoms with Crippen molar-refractivity contribution in [1.82, 2.24) is 14.5 Å². The molecular formula is C11H13N3O. The van der Waals surface area contributed by atoms with E-state index in [1.807, 2.05) is 13.1 Å². The third kappa shape index (κ3) is 1.64. The first kappa shape index (κ1) is 9.86. The molecule has 2 aromatic rings. The van der Waals surface area contributed by atoms with E-state index in [0.717, 1.165) is 5.56 Å². The molecule has 1 atom stereocenters. The highest BCUT2D eigenvalue weighted by molar-refractivity contribution is 5.25. The Hall–Kier alpha value is -1.68. The number of aromatic nitrogens is 3. The Labute approximate surface area is 88.2 Å². The van der Waals surface area contributed by atoms with Gasteiger partial charge in [-0.15, -0.1) is 0 Å². The quantitative estimate of drug-likeness (QED) is 0.794. The zero-order valence-corrected chi connectivity index (χ0v) is 8.75. The maximum absolute atomic E-state index is 10.4. The summed E-state index contributed by atoms with van der Waals surface area (Å²) >= 11 is 0. The van der Waals surface area contributed by atoms with E-state index >= 15 is 0 Å². The lowest BCUT2D eigenvalue weighted by atomic mass is 9.97. The van der Waals surface area contributed by atoms with Crippen LogP contribution in [-0.4, -0.2) is 19.6 Å². The highest BCUT2D eigenvalue weighted by Gasteiger charge is 2.29. The highest BCUT2D eigenvalue weighted by atomic mass is 16.3. The molecule has 4 nitrogen and oxygen atoms in total. The number of nitrogens with zero attached hydrogens (tertiary/aromatic N) is 3. The minimum absolute atomic E-state index is 0.607. The molecule has 1 N–H and O–H groups in total. The van der Waals surface area contributed by atoms with Gasteiger partial charge in [0.25, 0.3) is 0 Å². The van der Waals surface area contributed by atoms with Crippen LogP contribution in [0.3, 0.4) is 0 Å². The van der Waals surface area contributed by atoms with Gasteiger partial charge in [-0.05, 0) is 13.0 Å². The molecule has 2 heterocycles. The second kappa shape index (κ2) is 3.47. The molecule has 78 valence electrons. The summed E-state index contributed by atoms with van der Waals surface area (Å²) in [6, 6.07) is 3.63. The fourth-order valence-electron chi connectivity index (χ4n) is 1.61. The number of aliphatic hydroxyl groups is 1. The molecule has 1 unspecified atom stereocenters. The zero-order valence-electron chi connectivity index (χ0n) is 8.75. The molecule has 15 heavy (non-hydrogen) atoms. The number of hydrogen-bond acceptors (Lipinski definition) is 3. The van der Waals surface area contributed by atoms with Gasteiger partial charge in [0.15, 0.2) is 0 Å². The van der Waals surface area contributed by atoms with Gasteiger partial charge in [-0.25, -0.2) is 4.98 Å². The lowest BCUT2D eigenvalue weighted by Gasteiger charge is -2.22. The number of imidazole rings is 1. The molecular weight excluding hydrogens is 190 g/mol. The van der Waals surface area contributed by atoms with E-state index in [4.69, 9.17) is 0 Å². The molecule has 2 rings (SSSR count). The smallest absolute Gasteiger partial charge is 0.146 e. The van der Waals surface area contributed by atoms with Crippen molar-refractivity contribution < 1.29 is 5.11 Å². The van der Waals surface area contributed by atoms with Crippen molar-refractivity contribution in [2.75, 3.05) is 0 Å². The molecule has 0 spiro atoms. The molecule has 0 radical (unpaired) electrons. The maximum atomic E-state index is 10.4. The molecule has 0 aromatic carbocycles. The second-order valence-corrected chi connectivity index (χ2v) is 3.68. The molecule has 0 amide bonds. The lowest BCUT2D eigenvalue weighted by molar-refractivity contribution is 0.0888. The minimum Gasteiger partial charge on any atom is -0.377 e. The van der Waals surface area contributed by atoms with E-state index in [1.54, 1.807) is 42.3 Å². The summed E-state index contributed by atoms with van der Waals surface area (Å²) in [5.41, 5.74) is -0.369. The predicted octanol–water partition coefficient (Wildman–Crippen LogP) is 1.07. The van der Waals surface area contributed by atoms with E-state index in [1.165, 1.54) is 0 Å². The first-order chi connectivity index (χ1) is 7.12. The largest absolute Gasteiger partial charge is 0.377 e. The van der Waals surface area contributed by atoms with Crippen LogP contribution in [0.15, 0.2) is 36.9 Å². The lowest BCUT2D eigenvalue weighted by Crippen LogP contribution is -2.26. The van der Waals surface area contributed by atoms with E-state index in [2.05, 4.69) is 9.97 Å². The number of pyridine rings is 1. The summed E-state index contributed by atoms with van der Waals surface area (Å²) in [6.07, 6.45) is 6.80. The molecule has 4 heteroatoms. The first-order valence-corrected chi connectivity index (χ1v) is 4.73. The van der Waals surface area contributed by atoms with E-state index in [-0.39, 0.29) is 0 Å². The van der Waals surface area contributed by atoms with Gasteiger partial charge >= 0.3 is 0 Å². The first-order valence-electron chi connectivity index (χ1n) is 4.73. The van der Waals surface area contributed by atoms with Crippen LogP contribution in [0.5, 0.6) is 0 Å². The van der Waals surface area contributed by atoms with Gasteiger partial charge < -0.3 is 9.67 Å². The molecule has 0 saturated heterocycles. The third-order valence-electron chi connectivity index (χ3n) is 2.48. The van der Waals surface area contributed by atoms with Gasteiger partial charge in [0.05, 0.1) is 0 Å². The number of aryl methyl sites for hydroxylation is 1. The van der Waals surface area contributed by atoms with E-state index < -0.39 is 5.60 Å². The van der Waals surface area contributed by atoms with Gasteiger partial charge in [0.1, 0.15) is 11.4 Å². The van der Waals surface area contributed by atoms with Crippen LogP contribution in [0.4, 0.5) is 0 Å². The van der Waals surface area contributed by atoms with Gasteiger partial charge in [-0.1, -0.05) is 6.07 Å². The Morgan fingerprint density at radius 2 is 2.20 bits per heavy atom. The van der Waals surface area contributed by atoms with Crippen LogP contribution >= 0.6 is 0 Å². The maximum Gasteiger partial charge on any atom is 0.146 e. The van der Waals surface area contributed by atoms with Crippen LogP contribution in [0.2, 0.25) is 0 Å². The van der Waals surface area contributed by atoms with Crippen LogP contribution in [0, 0.1) is 0 Å². The third-order valence-corrected chi connectivity index (χ3v) is 2.48. The van der Waals surface area contributed by atoms with Gasteiger partial charge in [-0.2, -0.15) is 0 Å². The van der Waals surface area contributed by atoms with Crippen LogP contribution in [0.25, 0.3) is 0 Å². The SMILES string of the molecule is Cn1ccnc1C(C)(O)c1cccnc1. The Bertz CT molecular complexity index is 448. The zero-order chi connectivity index (χ0) is 10.9. The van der Waals surface area contributed by atoms with Gasteiger partial charge in [0, 0.05) is 37.4 Å². The molecule has 0 fully saturated rings. The standard InChI is InChI=1S/C11H13N3O/c1-11(15,9-4-3-5-12-8-9)10-13-6-7-14(10)2/h3-8,15H,1-2H3. The summed E-state index contributed by atoms with van der Waals surface area (Å²) in [5, 5.41) is 10.4. The summed E-state index contributed by atoms with van der Waals surface area (Å²) in [4.78, 5) is 8.14. The summed E-state index contributed by atoms with van der Waals surface area (Å²) < 4.78 is 1.80. The molecule has 2 aromatic heterocycles. The fourth-order valence-corrected chi connectivity index (χ4v) is 1.61. The Morgan fingerprint density at radius 1 is 1.40 bits per heavy atom. The average Bonchev–Trinajstić information content (AvgIpc) is 2.66. The summed E-state index contributed by atoms with van der Waals surface area (Å²) in [6.45, 7) is 1.71. The normalized spacial score (nSPS) is 14.9. The van der Waals surface area contributed by atoms with Crippen LogP contribution in [-0.2, 0) is 12.6 Å². The summed E-state index contributed by atoms with van der Waals surface area (Å²) in [5.74, 6) is 0.607. The molecule has 0 aliphatic carbocycles. The van der Waals surface area contributed by atoms with Crippen molar-refractivity contribution in [3.63, 3.8) is 0 Å². The number of hydrogen-bond donors (Lipinski definition) is 1. The van der Waals surface area contributed by atoms with Crippen molar-refractivity contribution in [2.24, 2.45) is 7.05 Å². The van der Waals surface area contributed by atoms with Gasteiger partial charge in [0.2, 0.25) is 0 Å². The Morgan fingerprint density at radius 3 is 2.73 bits per heavy atom. The predicted molar refractivity (Wildman–Crippen MR) is 56.1 cm³/mol. The van der Waals surface area contributed by atoms with Crippen molar-refractivity contribution in [2.45, 2.75) is 12.5 Å². The van der Waals surface area contributed by atoms with Crippen LogP contribution in [0.1, 0.15) is 18.3 Å². The van der Waals surface area contributed by atoms with E-state index in [0.29, 0.717) is 5.82 Å². The Balaban J connectivity index is 2.48. The molecule has 0 saturated carbocycles.